The number of nitrogens with one attached hydrogen (secondary N) is 2. The van der Waals surface area contributed by atoms with E-state index in [4.69, 9.17) is 0 Å². The second-order valence-corrected chi connectivity index (χ2v) is 19.4. The summed E-state index contributed by atoms with van der Waals surface area (Å²) in [5, 5.41) is 5.48. The topological polar surface area (TPSA) is 190 Å². The number of alkyl halides is 6. The molecule has 2 amide bonds. The van der Waals surface area contributed by atoms with Crippen LogP contribution in [0.3, 0.4) is 0 Å². The maximum Gasteiger partial charge on any atom is 0.417 e. The van der Waals surface area contributed by atoms with E-state index in [0.29, 0.717) is 102 Å². The SMILES string of the molecule is CN(C)CCn1cc(-c2ccc(F)cc2C(F)(F)F)nc1C1CCN(c2ncnc3c2CC(=O)N3)CC1.CN(C)CCn1cc(-c2ccc(F)cc2C(F)(F)F)nc1C1CCN(c2ncnc3c2CC(=O)N3)CC1.O. The summed E-state index contributed by atoms with van der Waals surface area (Å²) in [6, 6.07) is 5.39. The zero-order valence-corrected chi connectivity index (χ0v) is 41.5. The van der Waals surface area contributed by atoms with E-state index in [9.17, 15) is 44.7 Å². The van der Waals surface area contributed by atoms with Crippen LogP contribution in [0.25, 0.3) is 22.5 Å². The summed E-state index contributed by atoms with van der Waals surface area (Å²) in [6.07, 6.45) is 0.0930. The van der Waals surface area contributed by atoms with Crippen LogP contribution in [0.2, 0.25) is 0 Å². The maximum atomic E-state index is 13.7. The van der Waals surface area contributed by atoms with Crippen LogP contribution in [-0.4, -0.2) is 134 Å². The van der Waals surface area contributed by atoms with Gasteiger partial charge in [0.05, 0.1) is 35.4 Å². The van der Waals surface area contributed by atoms with Gasteiger partial charge in [0.15, 0.2) is 0 Å². The van der Waals surface area contributed by atoms with E-state index in [1.165, 1.54) is 12.7 Å². The van der Waals surface area contributed by atoms with Crippen LogP contribution >= 0.6 is 0 Å². The molecular formula is C50H56F8N14O3. The molecule has 4 aromatic heterocycles. The molecule has 4 aliphatic heterocycles. The van der Waals surface area contributed by atoms with Crippen molar-refractivity contribution in [2.75, 3.05) is 87.9 Å². The van der Waals surface area contributed by atoms with Crippen molar-refractivity contribution in [3.63, 3.8) is 0 Å². The highest BCUT2D eigenvalue weighted by molar-refractivity contribution is 6.00. The lowest BCUT2D eigenvalue weighted by Crippen LogP contribution is -2.35. The van der Waals surface area contributed by atoms with Gasteiger partial charge in [-0.25, -0.2) is 38.7 Å². The smallest absolute Gasteiger partial charge is 0.412 e. The molecule has 2 saturated heterocycles. The van der Waals surface area contributed by atoms with Crippen molar-refractivity contribution in [2.45, 2.75) is 75.8 Å². The quantitative estimate of drug-likeness (QED) is 0.119. The van der Waals surface area contributed by atoms with Crippen molar-refractivity contribution in [3.05, 3.63) is 107 Å². The third-order valence-corrected chi connectivity index (χ3v) is 13.7. The zero-order chi connectivity index (χ0) is 52.6. The second-order valence-electron chi connectivity index (χ2n) is 19.4. The lowest BCUT2D eigenvalue weighted by atomic mass is 9.95. The summed E-state index contributed by atoms with van der Waals surface area (Å²) < 4.78 is 113. The number of piperidine rings is 2. The summed E-state index contributed by atoms with van der Waals surface area (Å²) in [4.78, 5) is 58.4. The number of amides is 2. The third-order valence-electron chi connectivity index (χ3n) is 13.7. The molecule has 4 aliphatic rings. The lowest BCUT2D eigenvalue weighted by Gasteiger charge is -2.33. The number of imidazole rings is 2. The van der Waals surface area contributed by atoms with E-state index in [-0.39, 0.29) is 64.5 Å². The molecular weight excluding hydrogens is 997 g/mol. The summed E-state index contributed by atoms with van der Waals surface area (Å²) in [5.41, 5.74) is -0.398. The van der Waals surface area contributed by atoms with Crippen molar-refractivity contribution in [1.29, 1.82) is 0 Å². The Balaban J connectivity index is 0.000000197. The van der Waals surface area contributed by atoms with Gasteiger partial charge in [0.1, 0.15) is 59.2 Å². The Kier molecular flexibility index (Phi) is 15.9. The Morgan fingerprint density at radius 1 is 0.587 bits per heavy atom. The molecule has 2 fully saturated rings. The van der Waals surface area contributed by atoms with Crippen molar-refractivity contribution >= 4 is 35.1 Å². The van der Waals surface area contributed by atoms with Crippen LogP contribution in [0.1, 0.15) is 71.4 Å². The molecule has 75 heavy (non-hydrogen) atoms. The van der Waals surface area contributed by atoms with E-state index >= 15 is 0 Å². The van der Waals surface area contributed by atoms with Gasteiger partial charge in [-0.15, -0.1) is 0 Å². The number of fused-ring (bicyclic) bond motifs is 2. The number of rotatable bonds is 12. The van der Waals surface area contributed by atoms with E-state index in [1.807, 2.05) is 47.1 Å². The fourth-order valence-electron chi connectivity index (χ4n) is 9.96. The van der Waals surface area contributed by atoms with Crippen molar-refractivity contribution in [3.8, 4) is 22.5 Å². The van der Waals surface area contributed by atoms with E-state index in [2.05, 4.69) is 50.3 Å². The largest absolute Gasteiger partial charge is 0.417 e. The van der Waals surface area contributed by atoms with Crippen molar-refractivity contribution in [2.24, 2.45) is 0 Å². The first-order chi connectivity index (χ1) is 35.2. The molecule has 0 aliphatic carbocycles. The molecule has 400 valence electrons. The predicted octanol–water partition coefficient (Wildman–Crippen LogP) is 7.05. The molecule has 0 bridgehead atoms. The van der Waals surface area contributed by atoms with Crippen LogP contribution in [0, 0.1) is 11.6 Å². The maximum absolute atomic E-state index is 13.7. The summed E-state index contributed by atoms with van der Waals surface area (Å²) in [7, 11) is 7.71. The van der Waals surface area contributed by atoms with Crippen molar-refractivity contribution < 1.29 is 50.2 Å². The molecule has 17 nitrogen and oxygen atoms in total. The molecule has 0 radical (unpaired) electrons. The standard InChI is InChI=1S/2C25H27F4N7O.H2O/c2*1-34(2)9-10-36-13-20(17-4-3-16(26)11-19(17)25(27,28)29)32-23(36)15-5-7-35(8-6-15)24-18-12-21(37)33-22(18)30-14-31-24;/h2*3-4,11,13-15H,5-10,12H2,1-2H3,(H,30,31,33,37);1H2. The molecule has 0 spiro atoms. The highest BCUT2D eigenvalue weighted by atomic mass is 19.4. The van der Waals surface area contributed by atoms with Crippen molar-refractivity contribution in [1.82, 2.24) is 48.8 Å². The molecule has 6 aromatic rings. The number of anilines is 4. The first-order valence-electron chi connectivity index (χ1n) is 24.1. The summed E-state index contributed by atoms with van der Waals surface area (Å²) in [6.45, 7) is 5.11. The lowest BCUT2D eigenvalue weighted by molar-refractivity contribution is -0.138. The molecule has 10 rings (SSSR count). The Hall–Kier alpha value is -7.12. The molecule has 2 aromatic carbocycles. The minimum Gasteiger partial charge on any atom is -0.412 e. The van der Waals surface area contributed by atoms with Crippen LogP contribution < -0.4 is 20.4 Å². The van der Waals surface area contributed by atoms with Gasteiger partial charge in [-0.3, -0.25) is 9.59 Å². The highest BCUT2D eigenvalue weighted by Gasteiger charge is 2.38. The summed E-state index contributed by atoms with van der Waals surface area (Å²) in [5.74, 6) is 1.95. The Morgan fingerprint density at radius 2 is 0.960 bits per heavy atom. The number of carbonyl (C=O) groups excluding carboxylic acids is 2. The van der Waals surface area contributed by atoms with Gasteiger partial charge < -0.3 is 44.8 Å². The monoisotopic (exact) mass is 1050 g/mol. The number of hydrogen-bond acceptors (Lipinski definition) is 12. The number of hydrogen-bond donors (Lipinski definition) is 2. The number of benzene rings is 2. The first-order valence-corrected chi connectivity index (χ1v) is 24.1. The zero-order valence-electron chi connectivity index (χ0n) is 41.5. The highest BCUT2D eigenvalue weighted by Crippen LogP contribution is 2.42. The fraction of sp³-hybridized carbons (Fsp3) is 0.440. The van der Waals surface area contributed by atoms with Gasteiger partial charge in [-0.1, -0.05) is 0 Å². The molecule has 4 N–H and O–H groups in total. The number of aromatic nitrogens is 8. The average Bonchev–Trinajstić information content (AvgIpc) is 4.16. The van der Waals surface area contributed by atoms with Gasteiger partial charge in [0.2, 0.25) is 11.8 Å². The number of likely N-dealkylation sites (N-methyl/N-ethyl adjacent to an activating group) is 2. The number of halogens is 8. The van der Waals surface area contributed by atoms with E-state index in [0.717, 1.165) is 58.7 Å². The van der Waals surface area contributed by atoms with Gasteiger partial charge in [-0.2, -0.15) is 26.3 Å². The van der Waals surface area contributed by atoms with Crippen LogP contribution in [0.15, 0.2) is 61.4 Å². The van der Waals surface area contributed by atoms with E-state index < -0.39 is 35.1 Å². The fourth-order valence-corrected chi connectivity index (χ4v) is 9.96. The molecule has 25 heteroatoms. The van der Waals surface area contributed by atoms with Gasteiger partial charge in [0.25, 0.3) is 0 Å². The van der Waals surface area contributed by atoms with Gasteiger partial charge in [-0.05, 0) is 90.3 Å². The number of nitrogens with zero attached hydrogens (tertiary/aromatic N) is 12. The van der Waals surface area contributed by atoms with Crippen LogP contribution in [0.5, 0.6) is 0 Å². The minimum absolute atomic E-state index is 0. The molecule has 0 unspecified atom stereocenters. The summed E-state index contributed by atoms with van der Waals surface area (Å²) >= 11 is 0. The minimum atomic E-state index is -4.70. The van der Waals surface area contributed by atoms with Gasteiger partial charge >= 0.3 is 12.4 Å². The van der Waals surface area contributed by atoms with Gasteiger partial charge in [0, 0.05) is 98.8 Å². The first kappa shape index (κ1) is 54.2. The molecule has 8 heterocycles. The van der Waals surface area contributed by atoms with Crippen LogP contribution in [-0.2, 0) is 47.9 Å². The molecule has 0 atom stereocenters. The Labute approximate surface area is 426 Å². The second kappa shape index (κ2) is 22.0. The average molecular weight is 1050 g/mol. The predicted molar refractivity (Wildman–Crippen MR) is 263 cm³/mol. The normalized spacial score (nSPS) is 16.2. The number of carbonyl (C=O) groups is 2. The third kappa shape index (κ3) is 12.0. The van der Waals surface area contributed by atoms with E-state index in [1.54, 1.807) is 12.4 Å². The Bertz CT molecular complexity index is 2830. The van der Waals surface area contributed by atoms with Crippen LogP contribution in [0.4, 0.5) is 58.4 Å². The Morgan fingerprint density at radius 3 is 1.31 bits per heavy atom. The molecule has 0 saturated carbocycles.